The van der Waals surface area contributed by atoms with Crippen LogP contribution in [0.5, 0.6) is 0 Å². The zero-order chi connectivity index (χ0) is 12.3. The molecular weight excluding hydrogens is 234 g/mol. The van der Waals surface area contributed by atoms with Crippen molar-refractivity contribution in [1.82, 2.24) is 0 Å². The topological polar surface area (TPSA) is 26.1 Å². The van der Waals surface area contributed by atoms with Crippen LogP contribution in [0.4, 0.5) is 5.69 Å². The van der Waals surface area contributed by atoms with Crippen LogP contribution < -0.4 is 0 Å². The van der Waals surface area contributed by atoms with Crippen molar-refractivity contribution in [1.29, 1.82) is 0 Å². The van der Waals surface area contributed by atoms with Crippen LogP contribution in [0, 0.1) is 12.1 Å². The first-order chi connectivity index (χ1) is 8.15. The number of halogens is 1. The number of nitrogens with zero attached hydrogens (tertiary/aromatic N) is 1. The summed E-state index contributed by atoms with van der Waals surface area (Å²) in [5.74, 6) is 0. The van der Waals surface area contributed by atoms with Crippen LogP contribution in [-0.2, 0) is 0 Å². The SMILES string of the molecule is Cc1cccc([N+]([O-])=Cc2cccc(Cl)c2)c1. The molecule has 17 heavy (non-hydrogen) atoms. The van der Waals surface area contributed by atoms with E-state index < -0.39 is 0 Å². The molecule has 2 aromatic carbocycles. The number of hydrogen-bond donors (Lipinski definition) is 0. The summed E-state index contributed by atoms with van der Waals surface area (Å²) in [5, 5.41) is 12.5. The Bertz CT molecular complexity index is 564. The predicted molar refractivity (Wildman–Crippen MR) is 71.1 cm³/mol. The lowest BCUT2D eigenvalue weighted by atomic mass is 10.2. The smallest absolute Gasteiger partial charge is 0.216 e. The molecule has 0 heterocycles. The molecule has 0 N–H and O–H groups in total. The minimum absolute atomic E-state index is 0.616. The second-order valence-corrected chi connectivity index (χ2v) is 4.29. The van der Waals surface area contributed by atoms with Crippen molar-refractivity contribution < 1.29 is 4.74 Å². The Hall–Kier alpha value is -1.80. The summed E-state index contributed by atoms with van der Waals surface area (Å²) in [6.45, 7) is 1.96. The molecule has 0 aliphatic heterocycles. The third-order valence-corrected chi connectivity index (χ3v) is 2.61. The van der Waals surface area contributed by atoms with Crippen LogP contribution in [0.25, 0.3) is 0 Å². The normalized spacial score (nSPS) is 11.5. The summed E-state index contributed by atoms with van der Waals surface area (Å²) in [6.07, 6.45) is 1.51. The van der Waals surface area contributed by atoms with Gasteiger partial charge in [0, 0.05) is 22.7 Å². The molecule has 0 radical (unpaired) electrons. The highest BCUT2D eigenvalue weighted by Gasteiger charge is 2.02. The number of rotatable bonds is 2. The summed E-state index contributed by atoms with van der Waals surface area (Å²) >= 11 is 5.86. The van der Waals surface area contributed by atoms with Gasteiger partial charge in [-0.05, 0) is 30.7 Å². The highest BCUT2D eigenvalue weighted by Crippen LogP contribution is 2.14. The number of benzene rings is 2. The van der Waals surface area contributed by atoms with Crippen molar-refractivity contribution in [2.24, 2.45) is 0 Å². The van der Waals surface area contributed by atoms with Crippen molar-refractivity contribution in [2.45, 2.75) is 6.92 Å². The molecule has 2 nitrogen and oxygen atoms in total. The van der Waals surface area contributed by atoms with Crippen molar-refractivity contribution in [3.8, 4) is 0 Å². The first-order valence-corrected chi connectivity index (χ1v) is 5.66. The number of aryl methyl sites for hydroxylation is 1. The van der Waals surface area contributed by atoms with Gasteiger partial charge in [0.2, 0.25) is 5.69 Å². The Morgan fingerprint density at radius 1 is 1.12 bits per heavy atom. The number of hydrogen-bond acceptors (Lipinski definition) is 1. The molecule has 0 aliphatic rings. The van der Waals surface area contributed by atoms with Gasteiger partial charge in [-0.25, -0.2) is 0 Å². The third kappa shape index (κ3) is 3.08. The lowest BCUT2D eigenvalue weighted by Gasteiger charge is -2.03. The van der Waals surface area contributed by atoms with Crippen molar-refractivity contribution >= 4 is 23.5 Å². The summed E-state index contributed by atoms with van der Waals surface area (Å²) in [6, 6.07) is 14.6. The zero-order valence-corrected chi connectivity index (χ0v) is 10.2. The monoisotopic (exact) mass is 245 g/mol. The van der Waals surface area contributed by atoms with Crippen LogP contribution in [0.3, 0.4) is 0 Å². The minimum atomic E-state index is 0.616. The Labute approximate surface area is 105 Å². The lowest BCUT2D eigenvalue weighted by Crippen LogP contribution is -1.98. The van der Waals surface area contributed by atoms with Crippen molar-refractivity contribution in [3.05, 3.63) is 69.9 Å². The Balaban J connectivity index is 2.34. The lowest BCUT2D eigenvalue weighted by molar-refractivity contribution is -0.354. The van der Waals surface area contributed by atoms with E-state index >= 15 is 0 Å². The fraction of sp³-hybridized carbons (Fsp3) is 0.0714. The molecule has 3 heteroatoms. The summed E-state index contributed by atoms with van der Waals surface area (Å²) in [7, 11) is 0. The van der Waals surface area contributed by atoms with E-state index in [9.17, 15) is 5.21 Å². The highest BCUT2D eigenvalue weighted by molar-refractivity contribution is 6.30. The third-order valence-electron chi connectivity index (χ3n) is 2.37. The van der Waals surface area contributed by atoms with E-state index in [1.165, 1.54) is 6.21 Å². The molecule has 0 aromatic heterocycles. The minimum Gasteiger partial charge on any atom is -0.618 e. The van der Waals surface area contributed by atoms with Crippen LogP contribution in [0.1, 0.15) is 11.1 Å². The van der Waals surface area contributed by atoms with Crippen molar-refractivity contribution in [3.63, 3.8) is 0 Å². The molecule has 0 atom stereocenters. The standard InChI is InChI=1S/C14H12ClNO/c1-11-4-2-7-14(8-11)16(17)10-12-5-3-6-13(15)9-12/h2-10H,1H3. The van der Waals surface area contributed by atoms with Gasteiger partial charge < -0.3 is 5.21 Å². The Morgan fingerprint density at radius 2 is 1.88 bits per heavy atom. The highest BCUT2D eigenvalue weighted by atomic mass is 35.5. The van der Waals surface area contributed by atoms with Gasteiger partial charge in [-0.1, -0.05) is 29.8 Å². The van der Waals surface area contributed by atoms with Gasteiger partial charge in [-0.15, -0.1) is 0 Å². The molecule has 86 valence electrons. The van der Waals surface area contributed by atoms with Gasteiger partial charge in [0.25, 0.3) is 0 Å². The second kappa shape index (κ2) is 5.02. The Morgan fingerprint density at radius 3 is 2.59 bits per heavy atom. The van der Waals surface area contributed by atoms with Crippen LogP contribution in [-0.4, -0.2) is 11.0 Å². The molecule has 2 aromatic rings. The van der Waals surface area contributed by atoms with Crippen molar-refractivity contribution in [2.75, 3.05) is 0 Å². The summed E-state index contributed by atoms with van der Waals surface area (Å²) < 4.78 is 0.846. The maximum Gasteiger partial charge on any atom is 0.216 e. The molecule has 0 spiro atoms. The predicted octanol–water partition coefficient (Wildman–Crippen LogP) is 3.91. The van der Waals surface area contributed by atoms with Crippen LogP contribution in [0.2, 0.25) is 5.02 Å². The fourth-order valence-electron chi connectivity index (χ4n) is 1.56. The molecular formula is C14H12ClNO. The van der Waals surface area contributed by atoms with E-state index in [1.807, 2.05) is 37.3 Å². The Kier molecular flexibility index (Phi) is 3.45. The van der Waals surface area contributed by atoms with Gasteiger partial charge in [-0.3, -0.25) is 0 Å². The average Bonchev–Trinajstić information content (AvgIpc) is 2.29. The maximum atomic E-state index is 11.9. The zero-order valence-electron chi connectivity index (χ0n) is 9.43. The second-order valence-electron chi connectivity index (χ2n) is 3.85. The molecule has 0 fully saturated rings. The van der Waals surface area contributed by atoms with E-state index in [4.69, 9.17) is 11.6 Å². The molecule has 0 amide bonds. The van der Waals surface area contributed by atoms with E-state index in [1.54, 1.807) is 18.2 Å². The van der Waals surface area contributed by atoms with Crippen LogP contribution >= 0.6 is 11.6 Å². The molecule has 2 rings (SSSR count). The van der Waals surface area contributed by atoms with E-state index in [0.29, 0.717) is 10.7 Å². The van der Waals surface area contributed by atoms with Gasteiger partial charge >= 0.3 is 0 Å². The van der Waals surface area contributed by atoms with E-state index in [2.05, 4.69) is 0 Å². The first kappa shape index (κ1) is 11.7. The molecule has 0 aliphatic carbocycles. The maximum absolute atomic E-state index is 11.9. The summed E-state index contributed by atoms with van der Waals surface area (Å²) in [4.78, 5) is 0. The quantitative estimate of drug-likeness (QED) is 0.341. The average molecular weight is 246 g/mol. The van der Waals surface area contributed by atoms with Gasteiger partial charge in [-0.2, -0.15) is 4.74 Å². The largest absolute Gasteiger partial charge is 0.618 e. The molecule has 0 saturated heterocycles. The molecule has 0 unspecified atom stereocenters. The fourth-order valence-corrected chi connectivity index (χ4v) is 1.76. The van der Waals surface area contributed by atoms with E-state index in [-0.39, 0.29) is 0 Å². The summed E-state index contributed by atoms with van der Waals surface area (Å²) in [5.41, 5.74) is 2.46. The molecule has 0 saturated carbocycles. The van der Waals surface area contributed by atoms with Gasteiger partial charge in [0.1, 0.15) is 0 Å². The van der Waals surface area contributed by atoms with E-state index in [0.717, 1.165) is 15.9 Å². The molecule has 0 bridgehead atoms. The van der Waals surface area contributed by atoms with Gasteiger partial charge in [0.15, 0.2) is 6.21 Å². The van der Waals surface area contributed by atoms with Crippen LogP contribution in [0.15, 0.2) is 48.5 Å². The first-order valence-electron chi connectivity index (χ1n) is 5.28. The van der Waals surface area contributed by atoms with Gasteiger partial charge in [0.05, 0.1) is 0 Å².